The van der Waals surface area contributed by atoms with Gasteiger partial charge in [-0.2, -0.15) is 0 Å². The van der Waals surface area contributed by atoms with Crippen LogP contribution in [0, 0.1) is 0 Å². The van der Waals surface area contributed by atoms with Gasteiger partial charge >= 0.3 is 0 Å². The number of nitrogen functional groups attached to an aromatic ring is 1. The highest BCUT2D eigenvalue weighted by molar-refractivity contribution is 9.10. The Bertz CT molecular complexity index is 275. The Hall–Kier alpha value is -0.610. The molecule has 0 bridgehead atoms. The zero-order valence-electron chi connectivity index (χ0n) is 6.92. The van der Waals surface area contributed by atoms with E-state index in [4.69, 9.17) is 11.5 Å². The van der Waals surface area contributed by atoms with Gasteiger partial charge in [-0.3, -0.25) is 0 Å². The van der Waals surface area contributed by atoms with Crippen molar-refractivity contribution in [1.29, 1.82) is 0 Å². The number of aromatic nitrogens is 1. The SMILES string of the molecule is CC[C@@H](N)c1cnc(N)c(Br)c1. The molecular formula is C8H12BrN3. The first-order valence-electron chi connectivity index (χ1n) is 3.81. The van der Waals surface area contributed by atoms with E-state index in [9.17, 15) is 0 Å². The molecule has 1 heterocycles. The van der Waals surface area contributed by atoms with Gasteiger partial charge in [-0.05, 0) is 34.0 Å². The van der Waals surface area contributed by atoms with Crippen molar-refractivity contribution in [3.05, 3.63) is 22.3 Å². The molecule has 0 saturated heterocycles. The summed E-state index contributed by atoms with van der Waals surface area (Å²) >= 11 is 3.30. The summed E-state index contributed by atoms with van der Waals surface area (Å²) in [7, 11) is 0. The number of anilines is 1. The predicted molar refractivity (Wildman–Crippen MR) is 53.6 cm³/mol. The van der Waals surface area contributed by atoms with Crippen LogP contribution in [0.3, 0.4) is 0 Å². The van der Waals surface area contributed by atoms with Crippen LogP contribution in [0.25, 0.3) is 0 Å². The molecule has 4 N–H and O–H groups in total. The maximum Gasteiger partial charge on any atom is 0.137 e. The van der Waals surface area contributed by atoms with E-state index in [1.165, 1.54) is 0 Å². The highest BCUT2D eigenvalue weighted by Crippen LogP contribution is 2.21. The van der Waals surface area contributed by atoms with Gasteiger partial charge in [0.1, 0.15) is 5.82 Å². The molecule has 0 aliphatic carbocycles. The molecule has 1 rings (SSSR count). The van der Waals surface area contributed by atoms with Crippen LogP contribution < -0.4 is 11.5 Å². The summed E-state index contributed by atoms with van der Waals surface area (Å²) in [4.78, 5) is 4.00. The average molecular weight is 230 g/mol. The van der Waals surface area contributed by atoms with E-state index in [2.05, 4.69) is 20.9 Å². The van der Waals surface area contributed by atoms with Gasteiger partial charge < -0.3 is 11.5 Å². The molecule has 0 saturated carbocycles. The van der Waals surface area contributed by atoms with Crippen molar-refractivity contribution >= 4 is 21.7 Å². The normalized spacial score (nSPS) is 12.9. The third kappa shape index (κ3) is 1.95. The molecule has 0 fully saturated rings. The molecule has 1 atom stereocenters. The lowest BCUT2D eigenvalue weighted by Gasteiger charge is -2.09. The zero-order valence-corrected chi connectivity index (χ0v) is 8.51. The molecule has 3 nitrogen and oxygen atoms in total. The standard InChI is InChI=1S/C8H12BrN3/c1-2-7(10)5-3-6(9)8(11)12-4-5/h3-4,7H,2,10H2,1H3,(H2,11,12)/t7-/m1/s1. The first-order valence-corrected chi connectivity index (χ1v) is 4.61. The first kappa shape index (κ1) is 9.48. The largest absolute Gasteiger partial charge is 0.383 e. The van der Waals surface area contributed by atoms with Crippen LogP contribution >= 0.6 is 15.9 Å². The number of nitrogens with two attached hydrogens (primary N) is 2. The number of rotatable bonds is 2. The Kier molecular flexibility index (Phi) is 3.05. The minimum absolute atomic E-state index is 0.0504. The van der Waals surface area contributed by atoms with Crippen molar-refractivity contribution in [2.24, 2.45) is 5.73 Å². The molecule has 0 spiro atoms. The van der Waals surface area contributed by atoms with E-state index in [0.29, 0.717) is 5.82 Å². The maximum absolute atomic E-state index is 5.81. The van der Waals surface area contributed by atoms with Gasteiger partial charge in [0.25, 0.3) is 0 Å². The number of nitrogens with zero attached hydrogens (tertiary/aromatic N) is 1. The van der Waals surface area contributed by atoms with Gasteiger partial charge in [0.05, 0.1) is 4.47 Å². The molecular weight excluding hydrogens is 218 g/mol. The van der Waals surface area contributed by atoms with Gasteiger partial charge in [0, 0.05) is 12.2 Å². The van der Waals surface area contributed by atoms with Crippen LogP contribution in [0.15, 0.2) is 16.7 Å². The van der Waals surface area contributed by atoms with Crippen molar-refractivity contribution in [2.75, 3.05) is 5.73 Å². The summed E-state index contributed by atoms with van der Waals surface area (Å²) in [5.74, 6) is 0.502. The Balaban J connectivity index is 2.96. The first-order chi connectivity index (χ1) is 5.65. The van der Waals surface area contributed by atoms with E-state index >= 15 is 0 Å². The van der Waals surface area contributed by atoms with E-state index in [-0.39, 0.29) is 6.04 Å². The average Bonchev–Trinajstić information content (AvgIpc) is 2.08. The van der Waals surface area contributed by atoms with Crippen molar-refractivity contribution in [3.8, 4) is 0 Å². The molecule has 4 heteroatoms. The molecule has 0 aliphatic heterocycles. The number of pyridine rings is 1. The smallest absolute Gasteiger partial charge is 0.137 e. The molecule has 0 amide bonds. The zero-order chi connectivity index (χ0) is 9.14. The fourth-order valence-corrected chi connectivity index (χ4v) is 1.27. The Morgan fingerprint density at radius 2 is 2.33 bits per heavy atom. The minimum atomic E-state index is 0.0504. The fraction of sp³-hybridized carbons (Fsp3) is 0.375. The van der Waals surface area contributed by atoms with Crippen LogP contribution in [0.5, 0.6) is 0 Å². The molecule has 0 aliphatic rings. The molecule has 0 radical (unpaired) electrons. The molecule has 0 unspecified atom stereocenters. The summed E-state index contributed by atoms with van der Waals surface area (Å²) in [5, 5.41) is 0. The topological polar surface area (TPSA) is 64.9 Å². The second-order valence-corrected chi connectivity index (χ2v) is 3.50. The Morgan fingerprint density at radius 3 is 2.83 bits per heavy atom. The lowest BCUT2D eigenvalue weighted by atomic mass is 10.1. The van der Waals surface area contributed by atoms with E-state index < -0.39 is 0 Å². The van der Waals surface area contributed by atoms with Gasteiger partial charge in [0.2, 0.25) is 0 Å². The van der Waals surface area contributed by atoms with Crippen LogP contribution in [0.2, 0.25) is 0 Å². The molecule has 1 aromatic heterocycles. The third-order valence-corrected chi connectivity index (χ3v) is 2.39. The molecule has 1 aromatic rings. The van der Waals surface area contributed by atoms with Crippen LogP contribution in [-0.2, 0) is 0 Å². The summed E-state index contributed by atoms with van der Waals surface area (Å²) in [5.41, 5.74) is 12.4. The third-order valence-electron chi connectivity index (χ3n) is 1.76. The second kappa shape index (κ2) is 3.87. The Labute approximate surface area is 80.3 Å². The van der Waals surface area contributed by atoms with Gasteiger partial charge in [-0.1, -0.05) is 6.92 Å². The Morgan fingerprint density at radius 1 is 1.67 bits per heavy atom. The summed E-state index contributed by atoms with van der Waals surface area (Å²) in [6.45, 7) is 2.04. The predicted octanol–water partition coefficient (Wildman–Crippen LogP) is 1.84. The van der Waals surface area contributed by atoms with Crippen molar-refractivity contribution in [3.63, 3.8) is 0 Å². The van der Waals surface area contributed by atoms with E-state index in [0.717, 1.165) is 16.5 Å². The highest BCUT2D eigenvalue weighted by atomic mass is 79.9. The monoisotopic (exact) mass is 229 g/mol. The van der Waals surface area contributed by atoms with E-state index in [1.54, 1.807) is 6.20 Å². The number of hydrogen-bond acceptors (Lipinski definition) is 3. The van der Waals surface area contributed by atoms with Crippen LogP contribution in [0.1, 0.15) is 24.9 Å². The molecule has 0 aromatic carbocycles. The second-order valence-electron chi connectivity index (χ2n) is 2.65. The van der Waals surface area contributed by atoms with Crippen molar-refractivity contribution in [1.82, 2.24) is 4.98 Å². The summed E-state index contributed by atoms with van der Waals surface area (Å²) in [6, 6.07) is 1.96. The maximum atomic E-state index is 5.81. The van der Waals surface area contributed by atoms with E-state index in [1.807, 2.05) is 13.0 Å². The lowest BCUT2D eigenvalue weighted by Crippen LogP contribution is -2.09. The quantitative estimate of drug-likeness (QED) is 0.814. The van der Waals surface area contributed by atoms with Gasteiger partial charge in [-0.15, -0.1) is 0 Å². The number of hydrogen-bond donors (Lipinski definition) is 2. The fourth-order valence-electron chi connectivity index (χ4n) is 0.902. The number of halogens is 1. The summed E-state index contributed by atoms with van der Waals surface area (Å²) < 4.78 is 0.809. The van der Waals surface area contributed by atoms with Gasteiger partial charge in [0.15, 0.2) is 0 Å². The summed E-state index contributed by atoms with van der Waals surface area (Å²) in [6.07, 6.45) is 2.62. The van der Waals surface area contributed by atoms with Crippen LogP contribution in [0.4, 0.5) is 5.82 Å². The molecule has 66 valence electrons. The molecule has 12 heavy (non-hydrogen) atoms. The lowest BCUT2D eigenvalue weighted by molar-refractivity contribution is 0.695. The van der Waals surface area contributed by atoms with Crippen molar-refractivity contribution in [2.45, 2.75) is 19.4 Å². The van der Waals surface area contributed by atoms with Gasteiger partial charge in [-0.25, -0.2) is 4.98 Å². The van der Waals surface area contributed by atoms with Crippen LogP contribution in [-0.4, -0.2) is 4.98 Å². The highest BCUT2D eigenvalue weighted by Gasteiger charge is 2.05. The van der Waals surface area contributed by atoms with Crippen molar-refractivity contribution < 1.29 is 0 Å². The minimum Gasteiger partial charge on any atom is -0.383 e.